The molecule has 1 saturated heterocycles. The SMILES string of the molecule is Fc1ccc(OCCCOc2ccc(C3CCNCC3)cc2)cc1. The van der Waals surface area contributed by atoms with Gasteiger partial charge in [0, 0.05) is 6.42 Å². The molecule has 2 aromatic carbocycles. The Balaban J connectivity index is 1.36. The normalized spacial score (nSPS) is 15.2. The maximum absolute atomic E-state index is 12.8. The summed E-state index contributed by atoms with van der Waals surface area (Å²) in [5.74, 6) is 2.00. The molecule has 1 aliphatic heterocycles. The molecular formula is C20H24FNO2. The van der Waals surface area contributed by atoms with Crippen LogP contribution < -0.4 is 14.8 Å². The van der Waals surface area contributed by atoms with Crippen LogP contribution in [0.4, 0.5) is 4.39 Å². The summed E-state index contributed by atoms with van der Waals surface area (Å²) in [6, 6.07) is 14.5. The number of hydrogen-bond donors (Lipinski definition) is 1. The molecule has 1 fully saturated rings. The average molecular weight is 329 g/mol. The monoisotopic (exact) mass is 329 g/mol. The Hall–Kier alpha value is -2.07. The summed E-state index contributed by atoms with van der Waals surface area (Å²) in [6.07, 6.45) is 3.20. The molecule has 3 rings (SSSR count). The van der Waals surface area contributed by atoms with Gasteiger partial charge in [0.15, 0.2) is 0 Å². The van der Waals surface area contributed by atoms with E-state index >= 15 is 0 Å². The van der Waals surface area contributed by atoms with E-state index in [9.17, 15) is 4.39 Å². The van der Waals surface area contributed by atoms with Crippen molar-refractivity contribution in [3.63, 3.8) is 0 Å². The van der Waals surface area contributed by atoms with E-state index in [0.29, 0.717) is 24.9 Å². The van der Waals surface area contributed by atoms with Gasteiger partial charge in [0.2, 0.25) is 0 Å². The second-order valence-electron chi connectivity index (χ2n) is 6.10. The average Bonchev–Trinajstić information content (AvgIpc) is 2.64. The van der Waals surface area contributed by atoms with Crippen molar-refractivity contribution in [3.8, 4) is 11.5 Å². The van der Waals surface area contributed by atoms with Crippen LogP contribution in [-0.2, 0) is 0 Å². The van der Waals surface area contributed by atoms with Crippen molar-refractivity contribution in [1.29, 1.82) is 0 Å². The summed E-state index contributed by atoms with van der Waals surface area (Å²) < 4.78 is 24.1. The van der Waals surface area contributed by atoms with Crippen molar-refractivity contribution >= 4 is 0 Å². The lowest BCUT2D eigenvalue weighted by atomic mass is 9.90. The zero-order valence-corrected chi connectivity index (χ0v) is 13.8. The fourth-order valence-corrected chi connectivity index (χ4v) is 2.96. The Morgan fingerprint density at radius 3 is 1.96 bits per heavy atom. The number of benzene rings is 2. The summed E-state index contributed by atoms with van der Waals surface area (Å²) in [5.41, 5.74) is 1.41. The molecule has 1 aliphatic rings. The third-order valence-corrected chi connectivity index (χ3v) is 4.33. The maximum atomic E-state index is 12.8. The van der Waals surface area contributed by atoms with Gasteiger partial charge in [-0.3, -0.25) is 0 Å². The lowest BCUT2D eigenvalue weighted by molar-refractivity contribution is 0.247. The first kappa shape index (κ1) is 16.8. The molecular weight excluding hydrogens is 305 g/mol. The molecule has 24 heavy (non-hydrogen) atoms. The third kappa shape index (κ3) is 4.96. The molecule has 4 heteroatoms. The molecule has 0 saturated carbocycles. The molecule has 0 amide bonds. The minimum absolute atomic E-state index is 0.251. The number of nitrogens with one attached hydrogen (secondary N) is 1. The van der Waals surface area contributed by atoms with Crippen LogP contribution in [0, 0.1) is 5.82 Å². The third-order valence-electron chi connectivity index (χ3n) is 4.33. The predicted molar refractivity (Wildman–Crippen MR) is 93.3 cm³/mol. The van der Waals surface area contributed by atoms with Crippen LogP contribution in [0.25, 0.3) is 0 Å². The van der Waals surface area contributed by atoms with Gasteiger partial charge in [-0.1, -0.05) is 12.1 Å². The van der Waals surface area contributed by atoms with Crippen molar-refractivity contribution < 1.29 is 13.9 Å². The minimum Gasteiger partial charge on any atom is -0.493 e. The van der Waals surface area contributed by atoms with E-state index < -0.39 is 0 Å². The zero-order valence-electron chi connectivity index (χ0n) is 13.8. The van der Waals surface area contributed by atoms with Gasteiger partial charge >= 0.3 is 0 Å². The van der Waals surface area contributed by atoms with E-state index in [1.54, 1.807) is 12.1 Å². The number of ether oxygens (including phenoxy) is 2. The van der Waals surface area contributed by atoms with Crippen LogP contribution in [0.5, 0.6) is 11.5 Å². The van der Waals surface area contributed by atoms with E-state index in [0.717, 1.165) is 25.3 Å². The van der Waals surface area contributed by atoms with E-state index in [1.807, 2.05) is 0 Å². The highest BCUT2D eigenvalue weighted by molar-refractivity contribution is 5.29. The second kappa shape index (κ2) is 8.69. The minimum atomic E-state index is -0.251. The summed E-state index contributed by atoms with van der Waals surface area (Å²) in [5, 5.41) is 3.40. The largest absolute Gasteiger partial charge is 0.493 e. The van der Waals surface area contributed by atoms with Crippen LogP contribution in [0.3, 0.4) is 0 Å². The zero-order chi connectivity index (χ0) is 16.6. The first-order chi connectivity index (χ1) is 11.8. The Morgan fingerprint density at radius 1 is 0.833 bits per heavy atom. The van der Waals surface area contributed by atoms with Gasteiger partial charge in [0.25, 0.3) is 0 Å². The lowest BCUT2D eigenvalue weighted by Crippen LogP contribution is -2.26. The number of piperidine rings is 1. The van der Waals surface area contributed by atoms with Gasteiger partial charge in [-0.2, -0.15) is 0 Å². The van der Waals surface area contributed by atoms with Crippen molar-refractivity contribution in [1.82, 2.24) is 5.32 Å². The summed E-state index contributed by atoms with van der Waals surface area (Å²) in [6.45, 7) is 3.38. The Kier molecular flexibility index (Phi) is 6.07. The standard InChI is InChI=1S/C20H24FNO2/c21-18-4-8-20(9-5-18)24-15-1-14-23-19-6-2-16(3-7-19)17-10-12-22-13-11-17/h2-9,17,22H,1,10-15H2. The van der Waals surface area contributed by atoms with Gasteiger partial charge in [-0.25, -0.2) is 4.39 Å². The lowest BCUT2D eigenvalue weighted by Gasteiger charge is -2.23. The Morgan fingerprint density at radius 2 is 1.38 bits per heavy atom. The molecule has 0 unspecified atom stereocenters. The van der Waals surface area contributed by atoms with Crippen molar-refractivity contribution in [3.05, 3.63) is 59.9 Å². The molecule has 0 atom stereocenters. The quantitative estimate of drug-likeness (QED) is 0.775. The second-order valence-corrected chi connectivity index (χ2v) is 6.10. The van der Waals surface area contributed by atoms with E-state index in [4.69, 9.17) is 9.47 Å². The molecule has 128 valence electrons. The van der Waals surface area contributed by atoms with Crippen LogP contribution >= 0.6 is 0 Å². The van der Waals surface area contributed by atoms with Crippen molar-refractivity contribution in [2.75, 3.05) is 26.3 Å². The van der Waals surface area contributed by atoms with Gasteiger partial charge in [-0.05, 0) is 73.8 Å². The summed E-state index contributed by atoms with van der Waals surface area (Å²) in [7, 11) is 0. The van der Waals surface area contributed by atoms with Crippen LogP contribution in [-0.4, -0.2) is 26.3 Å². The van der Waals surface area contributed by atoms with Gasteiger partial charge in [0.1, 0.15) is 17.3 Å². The molecule has 0 bridgehead atoms. The Labute approximate surface area is 142 Å². The first-order valence-corrected chi connectivity index (χ1v) is 8.63. The fourth-order valence-electron chi connectivity index (χ4n) is 2.96. The molecule has 1 N–H and O–H groups in total. The number of hydrogen-bond acceptors (Lipinski definition) is 3. The highest BCUT2D eigenvalue weighted by Gasteiger charge is 2.14. The van der Waals surface area contributed by atoms with E-state index in [1.165, 1.54) is 30.5 Å². The van der Waals surface area contributed by atoms with E-state index in [2.05, 4.69) is 29.6 Å². The molecule has 0 spiro atoms. The molecule has 0 aliphatic carbocycles. The summed E-state index contributed by atoms with van der Waals surface area (Å²) in [4.78, 5) is 0. The smallest absolute Gasteiger partial charge is 0.123 e. The molecule has 0 aromatic heterocycles. The van der Waals surface area contributed by atoms with Crippen LogP contribution in [0.15, 0.2) is 48.5 Å². The highest BCUT2D eigenvalue weighted by atomic mass is 19.1. The van der Waals surface area contributed by atoms with Crippen molar-refractivity contribution in [2.24, 2.45) is 0 Å². The van der Waals surface area contributed by atoms with Crippen LogP contribution in [0.2, 0.25) is 0 Å². The predicted octanol–water partition coefficient (Wildman–Crippen LogP) is 4.14. The van der Waals surface area contributed by atoms with Gasteiger partial charge in [0.05, 0.1) is 13.2 Å². The topological polar surface area (TPSA) is 30.5 Å². The fraction of sp³-hybridized carbons (Fsp3) is 0.400. The molecule has 3 nitrogen and oxygen atoms in total. The van der Waals surface area contributed by atoms with E-state index in [-0.39, 0.29) is 5.82 Å². The van der Waals surface area contributed by atoms with Gasteiger partial charge in [-0.15, -0.1) is 0 Å². The first-order valence-electron chi connectivity index (χ1n) is 8.63. The number of rotatable bonds is 7. The molecule has 1 heterocycles. The maximum Gasteiger partial charge on any atom is 0.123 e. The highest BCUT2D eigenvalue weighted by Crippen LogP contribution is 2.26. The van der Waals surface area contributed by atoms with Crippen LogP contribution in [0.1, 0.15) is 30.7 Å². The number of halogens is 1. The molecule has 2 aromatic rings. The summed E-state index contributed by atoms with van der Waals surface area (Å²) >= 11 is 0. The van der Waals surface area contributed by atoms with Gasteiger partial charge < -0.3 is 14.8 Å². The molecule has 0 radical (unpaired) electrons. The van der Waals surface area contributed by atoms with Crippen molar-refractivity contribution in [2.45, 2.75) is 25.2 Å². The Bertz CT molecular complexity index is 607.